The standard InChI is InChI=1S/C25H33N3O2S.H2/c1-2-3-17-30-25(29)28-14-8-6-4-5-7-9-18-31-22-19-20-12-10-15-26-23(20)24-21(22)13-11-16-27-24;/h10-13,15-16,19H,2-9,14,17-18H2,1H3,(H,28,29);1H. The molecule has 1 amide bonds. The van der Waals surface area contributed by atoms with Gasteiger partial charge in [0.15, 0.2) is 0 Å². The average molecular weight is 442 g/mol. The Morgan fingerprint density at radius 3 is 2.58 bits per heavy atom. The Balaban J connectivity index is 0.00000363. The second-order valence-electron chi connectivity index (χ2n) is 7.74. The van der Waals surface area contributed by atoms with E-state index in [4.69, 9.17) is 4.74 Å². The van der Waals surface area contributed by atoms with E-state index in [0.717, 1.165) is 47.9 Å². The smallest absolute Gasteiger partial charge is 0.407 e. The minimum Gasteiger partial charge on any atom is -0.450 e. The number of hydrogen-bond donors (Lipinski definition) is 1. The zero-order chi connectivity index (χ0) is 21.7. The van der Waals surface area contributed by atoms with E-state index in [1.54, 1.807) is 0 Å². The molecule has 1 N–H and O–H groups in total. The molecule has 0 aliphatic heterocycles. The number of pyridine rings is 2. The van der Waals surface area contributed by atoms with E-state index < -0.39 is 0 Å². The molecule has 5 nitrogen and oxygen atoms in total. The first-order chi connectivity index (χ1) is 15.3. The van der Waals surface area contributed by atoms with Gasteiger partial charge in [0.05, 0.1) is 17.6 Å². The normalized spacial score (nSPS) is 11.1. The van der Waals surface area contributed by atoms with Crippen molar-refractivity contribution in [2.75, 3.05) is 18.9 Å². The number of alkyl carbamates (subject to hydrolysis) is 1. The lowest BCUT2D eigenvalue weighted by atomic mass is 10.1. The number of carbonyl (C=O) groups excluding carboxylic acids is 1. The second-order valence-corrected chi connectivity index (χ2v) is 8.87. The molecule has 31 heavy (non-hydrogen) atoms. The Bertz CT molecular complexity index is 970. The highest BCUT2D eigenvalue weighted by atomic mass is 32.2. The predicted octanol–water partition coefficient (Wildman–Crippen LogP) is 6.99. The van der Waals surface area contributed by atoms with Gasteiger partial charge in [-0.2, -0.15) is 0 Å². The predicted molar refractivity (Wildman–Crippen MR) is 132 cm³/mol. The van der Waals surface area contributed by atoms with Crippen LogP contribution in [-0.4, -0.2) is 35.0 Å². The van der Waals surface area contributed by atoms with Crippen LogP contribution in [0.1, 0.15) is 59.7 Å². The summed E-state index contributed by atoms with van der Waals surface area (Å²) in [5.74, 6) is 1.11. The minimum atomic E-state index is -0.280. The van der Waals surface area contributed by atoms with Gasteiger partial charge in [0.2, 0.25) is 0 Å². The van der Waals surface area contributed by atoms with Gasteiger partial charge in [-0.25, -0.2) is 4.79 Å². The zero-order valence-corrected chi connectivity index (χ0v) is 19.3. The first kappa shape index (κ1) is 23.3. The lowest BCUT2D eigenvalue weighted by Crippen LogP contribution is -2.25. The Morgan fingerprint density at radius 1 is 1.00 bits per heavy atom. The van der Waals surface area contributed by atoms with Gasteiger partial charge in [-0.05, 0) is 43.2 Å². The zero-order valence-electron chi connectivity index (χ0n) is 18.4. The summed E-state index contributed by atoms with van der Waals surface area (Å²) in [6, 6.07) is 10.5. The molecule has 0 spiro atoms. The van der Waals surface area contributed by atoms with Crippen molar-refractivity contribution in [3.8, 4) is 0 Å². The van der Waals surface area contributed by atoms with Crippen molar-refractivity contribution in [1.82, 2.24) is 15.3 Å². The van der Waals surface area contributed by atoms with Crippen LogP contribution in [0.25, 0.3) is 21.8 Å². The molecule has 0 saturated heterocycles. The van der Waals surface area contributed by atoms with Gasteiger partial charge in [0, 0.05) is 36.0 Å². The number of nitrogens with one attached hydrogen (secondary N) is 1. The molecule has 3 rings (SSSR count). The summed E-state index contributed by atoms with van der Waals surface area (Å²) in [5.41, 5.74) is 1.97. The highest BCUT2D eigenvalue weighted by molar-refractivity contribution is 7.99. The molecule has 0 fully saturated rings. The average Bonchev–Trinajstić information content (AvgIpc) is 2.80. The van der Waals surface area contributed by atoms with Crippen molar-refractivity contribution in [2.24, 2.45) is 0 Å². The van der Waals surface area contributed by atoms with Gasteiger partial charge < -0.3 is 10.1 Å². The van der Waals surface area contributed by atoms with Crippen molar-refractivity contribution < 1.29 is 11.0 Å². The Labute approximate surface area is 190 Å². The minimum absolute atomic E-state index is 0. The summed E-state index contributed by atoms with van der Waals surface area (Å²) < 4.78 is 5.08. The summed E-state index contributed by atoms with van der Waals surface area (Å²) in [6.07, 6.45) is 12.4. The van der Waals surface area contributed by atoms with Gasteiger partial charge in [0.1, 0.15) is 0 Å². The molecule has 0 radical (unpaired) electrons. The Kier molecular flexibility index (Phi) is 9.90. The lowest BCUT2D eigenvalue weighted by Gasteiger charge is -2.09. The second kappa shape index (κ2) is 13.2. The monoisotopic (exact) mass is 441 g/mol. The van der Waals surface area contributed by atoms with Gasteiger partial charge in [-0.3, -0.25) is 9.97 Å². The van der Waals surface area contributed by atoms with E-state index in [9.17, 15) is 4.79 Å². The molecular formula is C25H35N3O2S. The Morgan fingerprint density at radius 2 is 1.74 bits per heavy atom. The fourth-order valence-electron chi connectivity index (χ4n) is 3.53. The van der Waals surface area contributed by atoms with Crippen molar-refractivity contribution in [3.63, 3.8) is 0 Å². The summed E-state index contributed by atoms with van der Waals surface area (Å²) >= 11 is 1.92. The SMILES string of the molecule is CCCCOC(=O)NCCCCCCCCSc1cc2cccnc2c2ncccc12.[HH]. The number of amides is 1. The molecule has 3 aromatic rings. The highest BCUT2D eigenvalue weighted by Crippen LogP contribution is 2.32. The molecule has 0 aliphatic rings. The van der Waals surface area contributed by atoms with Crippen molar-refractivity contribution in [3.05, 3.63) is 42.7 Å². The molecule has 1 aromatic carbocycles. The largest absolute Gasteiger partial charge is 0.450 e. The van der Waals surface area contributed by atoms with E-state index in [1.165, 1.54) is 36.0 Å². The third-order valence-electron chi connectivity index (χ3n) is 5.25. The number of rotatable bonds is 13. The van der Waals surface area contributed by atoms with Crippen LogP contribution in [0.3, 0.4) is 0 Å². The number of benzene rings is 1. The molecule has 2 heterocycles. The molecule has 0 saturated carbocycles. The summed E-state index contributed by atoms with van der Waals surface area (Å²) in [7, 11) is 0. The first-order valence-electron chi connectivity index (χ1n) is 11.5. The van der Waals surface area contributed by atoms with Crippen LogP contribution in [-0.2, 0) is 4.74 Å². The summed E-state index contributed by atoms with van der Waals surface area (Å²) in [4.78, 5) is 21.9. The van der Waals surface area contributed by atoms with E-state index in [1.807, 2.05) is 36.3 Å². The first-order valence-corrected chi connectivity index (χ1v) is 12.4. The van der Waals surface area contributed by atoms with Crippen LogP contribution in [0.15, 0.2) is 47.6 Å². The van der Waals surface area contributed by atoms with E-state index >= 15 is 0 Å². The van der Waals surface area contributed by atoms with Gasteiger partial charge in [-0.15, -0.1) is 11.8 Å². The van der Waals surface area contributed by atoms with Crippen molar-refractivity contribution >= 4 is 39.7 Å². The number of thioether (sulfide) groups is 1. The number of fused-ring (bicyclic) bond motifs is 3. The molecule has 0 unspecified atom stereocenters. The quantitative estimate of drug-likeness (QED) is 0.176. The van der Waals surface area contributed by atoms with E-state index in [2.05, 4.69) is 40.4 Å². The number of aromatic nitrogens is 2. The lowest BCUT2D eigenvalue weighted by molar-refractivity contribution is 0.144. The molecule has 0 atom stereocenters. The summed E-state index contributed by atoms with van der Waals surface area (Å²) in [5, 5.41) is 5.17. The topological polar surface area (TPSA) is 64.1 Å². The molecule has 168 valence electrons. The third-order valence-corrected chi connectivity index (χ3v) is 6.39. The van der Waals surface area contributed by atoms with Gasteiger partial charge in [-0.1, -0.05) is 51.2 Å². The Hall–Kier alpha value is -2.34. The molecule has 6 heteroatoms. The van der Waals surface area contributed by atoms with Crippen LogP contribution in [0.5, 0.6) is 0 Å². The number of nitrogens with zero attached hydrogens (tertiary/aromatic N) is 2. The third kappa shape index (κ3) is 7.39. The van der Waals surface area contributed by atoms with Crippen LogP contribution < -0.4 is 5.32 Å². The maximum atomic E-state index is 11.5. The van der Waals surface area contributed by atoms with E-state index in [-0.39, 0.29) is 7.52 Å². The van der Waals surface area contributed by atoms with E-state index in [0.29, 0.717) is 13.2 Å². The maximum absolute atomic E-state index is 11.5. The van der Waals surface area contributed by atoms with Crippen molar-refractivity contribution in [1.29, 1.82) is 0 Å². The fourth-order valence-corrected chi connectivity index (χ4v) is 4.63. The number of unbranched alkanes of at least 4 members (excludes halogenated alkanes) is 6. The number of ether oxygens (including phenoxy) is 1. The molecule has 2 aromatic heterocycles. The van der Waals surface area contributed by atoms with Crippen LogP contribution in [0.2, 0.25) is 0 Å². The molecule has 0 bridgehead atoms. The van der Waals surface area contributed by atoms with Gasteiger partial charge >= 0.3 is 6.09 Å². The highest BCUT2D eigenvalue weighted by Gasteiger charge is 2.08. The van der Waals surface area contributed by atoms with Crippen LogP contribution in [0.4, 0.5) is 4.79 Å². The van der Waals surface area contributed by atoms with Crippen molar-refractivity contribution in [2.45, 2.75) is 63.2 Å². The fraction of sp³-hybridized carbons (Fsp3) is 0.480. The maximum Gasteiger partial charge on any atom is 0.407 e. The van der Waals surface area contributed by atoms with Crippen LogP contribution in [0, 0.1) is 0 Å². The number of hydrogen-bond acceptors (Lipinski definition) is 5. The molecular weight excluding hydrogens is 406 g/mol. The number of carbonyl (C=O) groups is 1. The summed E-state index contributed by atoms with van der Waals surface area (Å²) in [6.45, 7) is 3.31. The van der Waals surface area contributed by atoms with Gasteiger partial charge in [0.25, 0.3) is 0 Å². The molecule has 0 aliphatic carbocycles. The van der Waals surface area contributed by atoms with Crippen LogP contribution >= 0.6 is 11.8 Å².